The van der Waals surface area contributed by atoms with E-state index < -0.39 is 267 Å². The van der Waals surface area contributed by atoms with Crippen molar-refractivity contribution in [2.75, 3.05) is 33.3 Å². The van der Waals surface area contributed by atoms with E-state index in [1.54, 1.807) is 84.0 Å². The zero-order valence-corrected chi connectivity index (χ0v) is 76.1. The van der Waals surface area contributed by atoms with Gasteiger partial charge >= 0.3 is 16.2 Å². The fourth-order valence-corrected chi connectivity index (χ4v) is 13.9. The van der Waals surface area contributed by atoms with Gasteiger partial charge in [-0.1, -0.05) is 96.9 Å². The van der Waals surface area contributed by atoms with Crippen LogP contribution >= 0.6 is 0 Å². The summed E-state index contributed by atoms with van der Waals surface area (Å²) in [6.07, 6.45) is 2.01. The number of primary amides is 2. The van der Waals surface area contributed by atoms with Crippen LogP contribution in [0.2, 0.25) is 0 Å². The lowest BCUT2D eigenvalue weighted by Crippen LogP contribution is -2.65. The number of hydrogen-bond donors (Lipinski definition) is 24. The number of carbonyl (C=O) groups excluding carboxylic acids is 17. The van der Waals surface area contributed by atoms with E-state index in [4.69, 9.17) is 38.5 Å². The molecule has 0 bridgehead atoms. The Labute approximate surface area is 754 Å². The van der Waals surface area contributed by atoms with E-state index in [1.165, 1.54) is 27.7 Å². The molecule has 1 heterocycles. The molecule has 47 heteroatoms. The number of carboxylic acid groups (broad SMARTS) is 1. The highest BCUT2D eigenvalue weighted by molar-refractivity contribution is 7.86. The number of halogens is 1. The third-order valence-corrected chi connectivity index (χ3v) is 22.1. The molecule has 0 unspecified atom stereocenters. The molecule has 0 saturated carbocycles. The molecule has 15 atom stereocenters. The summed E-state index contributed by atoms with van der Waals surface area (Å²) in [5.74, 6) is -21.2. The van der Waals surface area contributed by atoms with Crippen molar-refractivity contribution >= 4 is 129 Å². The predicted octanol–water partition coefficient (Wildman–Crippen LogP) is -3.61. The lowest BCUT2D eigenvalue weighted by Gasteiger charge is -2.34. The molecule has 1 aliphatic rings. The average molecular weight is 1850 g/mol. The third-order valence-electron chi connectivity index (χ3n) is 21.3. The lowest BCUT2D eigenvalue weighted by molar-refractivity contribution is -0.141. The summed E-state index contributed by atoms with van der Waals surface area (Å²) in [5.41, 5.74) is 18.6. The van der Waals surface area contributed by atoms with Crippen LogP contribution in [0.25, 0.3) is 0 Å². The molecule has 2 aromatic rings. The fourth-order valence-electron chi connectivity index (χ4n) is 13.4. The first-order valence-electron chi connectivity index (χ1n) is 42.7. The molecule has 2 aromatic carbocycles. The van der Waals surface area contributed by atoms with Crippen LogP contribution in [0, 0.1) is 28.6 Å². The topological polar surface area (TPSA) is 727 Å². The first-order chi connectivity index (χ1) is 60.9. The quantitative estimate of drug-likeness (QED) is 0.0100. The van der Waals surface area contributed by atoms with Crippen molar-refractivity contribution in [2.24, 2.45) is 40.7 Å². The molecule has 1 aliphatic heterocycles. The van der Waals surface area contributed by atoms with Gasteiger partial charge in [0.1, 0.15) is 83.3 Å². The van der Waals surface area contributed by atoms with Crippen molar-refractivity contribution in [3.63, 3.8) is 0 Å². The van der Waals surface area contributed by atoms with Gasteiger partial charge in [-0.15, -0.1) is 3.89 Å². The molecule has 130 heavy (non-hydrogen) atoms. The number of rotatable bonds is 46. The Bertz CT molecular complexity index is 4510. The van der Waals surface area contributed by atoms with E-state index in [0.29, 0.717) is 11.6 Å². The number of amides is 17. The van der Waals surface area contributed by atoms with E-state index in [1.807, 2.05) is 0 Å². The second-order valence-electron chi connectivity index (χ2n) is 32.7. The van der Waals surface area contributed by atoms with Gasteiger partial charge in [-0.05, 0) is 146 Å². The molecule has 0 saturated heterocycles. The second kappa shape index (κ2) is 54.2. The number of ether oxygens (including phenoxy) is 1. The molecule has 0 radical (unpaired) electrons. The van der Waals surface area contributed by atoms with E-state index in [9.17, 15) is 98.9 Å². The zero-order chi connectivity index (χ0) is 98.1. The van der Waals surface area contributed by atoms with Gasteiger partial charge in [0.15, 0.2) is 11.9 Å². The monoisotopic (exact) mass is 1850 g/mol. The Morgan fingerprint density at radius 2 is 1.17 bits per heavy atom. The Morgan fingerprint density at radius 1 is 0.623 bits per heavy atom. The molecule has 0 spiro atoms. The van der Waals surface area contributed by atoms with Gasteiger partial charge in [-0.3, -0.25) is 97.1 Å². The number of carboxylic acids is 1. The van der Waals surface area contributed by atoms with Crippen LogP contribution < -0.4 is 118 Å². The first kappa shape index (κ1) is 111. The number of benzene rings is 2. The van der Waals surface area contributed by atoms with Crippen molar-refractivity contribution in [3.05, 3.63) is 71.8 Å². The smallest absolute Gasteiger partial charge is 0.332 e. The highest BCUT2D eigenvalue weighted by Crippen LogP contribution is 2.25. The van der Waals surface area contributed by atoms with Gasteiger partial charge in [0.25, 0.3) is 5.91 Å². The molecule has 722 valence electrons. The summed E-state index contributed by atoms with van der Waals surface area (Å²) >= 11 is 0. The maximum atomic E-state index is 15.1. The van der Waals surface area contributed by atoms with Crippen LogP contribution in [0.3, 0.4) is 0 Å². The predicted molar refractivity (Wildman–Crippen MR) is 472 cm³/mol. The normalized spacial score (nSPS) is 19.6. The zero-order valence-electron chi connectivity index (χ0n) is 75.3. The van der Waals surface area contributed by atoms with Crippen molar-refractivity contribution in [2.45, 2.75) is 268 Å². The summed E-state index contributed by atoms with van der Waals surface area (Å²) in [6, 6.07) is -6.18. The van der Waals surface area contributed by atoms with Crippen molar-refractivity contribution in [3.8, 4) is 5.75 Å². The fraction of sp³-hybridized carbons (Fsp3) is 0.590. The van der Waals surface area contributed by atoms with Crippen LogP contribution in [0.15, 0.2) is 65.6 Å². The van der Waals surface area contributed by atoms with Gasteiger partial charge in [0.05, 0.1) is 30.5 Å². The summed E-state index contributed by atoms with van der Waals surface area (Å²) in [4.78, 5) is 249. The van der Waals surface area contributed by atoms with Crippen LogP contribution in [-0.2, 0) is 98.2 Å². The summed E-state index contributed by atoms with van der Waals surface area (Å²) in [7, 11) is -4.21. The molecule has 28 N–H and O–H groups in total. The minimum atomic E-state index is -5.35. The average Bonchev–Trinajstić information content (AvgIpc) is 0.820. The lowest BCUT2D eigenvalue weighted by atomic mass is 9.91. The van der Waals surface area contributed by atoms with E-state index in [0.717, 1.165) is 26.2 Å². The molecule has 45 nitrogen and oxygen atoms in total. The van der Waals surface area contributed by atoms with Crippen LogP contribution in [0.4, 0.5) is 3.89 Å². The second-order valence-corrected chi connectivity index (χ2v) is 34.1. The van der Waals surface area contributed by atoms with Gasteiger partial charge in [-0.2, -0.15) is 8.42 Å². The molecule has 0 aromatic heterocycles. The minimum absolute atomic E-state index is 0.0218. The number of guanidine groups is 2. The molecule has 17 amide bonds. The van der Waals surface area contributed by atoms with Crippen molar-refractivity contribution < 1.29 is 108 Å². The van der Waals surface area contributed by atoms with Gasteiger partial charge < -0.3 is 123 Å². The van der Waals surface area contributed by atoms with Crippen LogP contribution in [0.1, 0.15) is 195 Å². The van der Waals surface area contributed by atoms with Gasteiger partial charge in [0, 0.05) is 39.4 Å². The number of hydrogen-bond acceptors (Lipinski definition) is 23. The number of nitrogens with one attached hydrogen (secondary N) is 19. The largest absolute Gasteiger partial charge is 0.496 e. The Morgan fingerprint density at radius 3 is 1.69 bits per heavy atom. The Kier molecular flexibility index (Phi) is 46.3. The van der Waals surface area contributed by atoms with Crippen LogP contribution in [0.5, 0.6) is 5.75 Å². The standard InChI is InChI=1S/C83H130FN23O22S/c1-13-45(5)64(76(123)94-43-62(110)97-58(41-63(111)112)74(121)99-54(29-25-37-92-81(89)90)71(118)100-56(66(86)113)39-50-26-20-19-21-27-50)104-67(114)47(7)95-70(117)53(28-24-36-91-80(87)88)98-73(120)57(38-44(3)4)101-72(119)55(31-33-61(85)109)102-79(126)83(11)35-23-18-16-15-17-22-34-82(10,106-49(9)108)78(125)103-59(42-93-69(116)52-40-51(130(84,127)128)30-32-60(52)129-12)75(122)105-65(46(6)14-2)77(124)96-48(8)68(115)107-83/h15-16,19-21,26-27,30,32,40,44-48,53-59,64-65H,13-14,17-18,22-25,28-29,31,33-39,41-43H2,1-12H3,(H2,85,109)(H2,86,113)(H,93,116)(H,94,123)(H,95,117)(H,96,124)(H,97,110)(H,98,120)(H,99,121)(H,100,118)(H,101,119)(H,102,126)(H,103,125)(H,104,114)(H,105,122)(H,106,108)(H,107,115)(H,111,112)(H4,87,88,91)(H4,89,90,92)/b16-15+/t45-,46-,47-,48-,53-,54-,55-,56-,57-,58-,59-,64-,65-,82-,83-/m0/s1. The molecular weight excluding hydrogens is 1720 g/mol. The minimum Gasteiger partial charge on any atom is -0.496 e. The molecule has 0 fully saturated rings. The van der Waals surface area contributed by atoms with Crippen molar-refractivity contribution in [1.82, 2.24) is 90.4 Å². The molecule has 3 rings (SSSR count). The molecular formula is C83H130FN23O22S. The maximum absolute atomic E-state index is 15.1. The highest BCUT2D eigenvalue weighted by atomic mass is 32.3. The number of methoxy groups -OCH3 is 1. The maximum Gasteiger partial charge on any atom is 0.332 e. The van der Waals surface area contributed by atoms with E-state index in [-0.39, 0.29) is 109 Å². The number of carbonyl (C=O) groups is 18. The Balaban J connectivity index is 1.96. The third kappa shape index (κ3) is 38.8. The van der Waals surface area contributed by atoms with Gasteiger partial charge in [0.2, 0.25) is 94.5 Å². The van der Waals surface area contributed by atoms with Gasteiger partial charge in [-0.25, -0.2) is 0 Å². The summed E-state index contributed by atoms with van der Waals surface area (Å²) < 4.78 is 43.2. The Hall–Kier alpha value is -13.1. The van der Waals surface area contributed by atoms with Crippen molar-refractivity contribution in [1.29, 1.82) is 10.8 Å². The first-order valence-corrected chi connectivity index (χ1v) is 44.1. The summed E-state index contributed by atoms with van der Waals surface area (Å²) in [6.45, 7) is 14.5. The van der Waals surface area contributed by atoms with E-state index in [2.05, 4.69) is 90.4 Å². The molecule has 0 aliphatic carbocycles. The number of aliphatic carboxylic acids is 1. The summed E-state index contributed by atoms with van der Waals surface area (Å²) in [5, 5.41) is 67.9. The van der Waals surface area contributed by atoms with Crippen LogP contribution in [-0.4, -0.2) is 243 Å². The SMILES string of the molecule is CC[C@H](C)[C@H](NC(=O)[C@H](C)NC(=O)[C@H](CCCNC(=N)N)NC(=O)[C@H](CC(C)C)NC(=O)[C@H](CCC(N)=O)NC(=O)[C@]1(C)CCC/C=C/CCC[C@](C)(NC(C)=O)C(=O)N[C@@H](CNC(=O)c2cc(S(=O)(=O)F)ccc2OC)C(=O)N[C@@H]([C@@H](C)CC)C(=O)N[C@@H](C)C(=O)N1)C(=O)NCC(=O)N[C@@H](CC(=O)O)C(=O)N[C@@H](CCCNC(=N)N)C(=O)N[C@@H](Cc1ccccc1)C(N)=O. The number of allylic oxidation sites excluding steroid dienone is 2. The number of nitrogens with two attached hydrogens (primary N) is 4. The van der Waals surface area contributed by atoms with E-state index >= 15 is 4.79 Å². The highest BCUT2D eigenvalue weighted by Gasteiger charge is 2.43.